The third-order valence-corrected chi connectivity index (χ3v) is 4.26. The summed E-state index contributed by atoms with van der Waals surface area (Å²) < 4.78 is 57.0. The lowest BCUT2D eigenvalue weighted by Gasteiger charge is -2.13. The smallest absolute Gasteiger partial charge is 0.422 e. The van der Waals surface area contributed by atoms with Gasteiger partial charge in [0.1, 0.15) is 11.6 Å². The Bertz CT molecular complexity index is 962. The Morgan fingerprint density at radius 3 is 2.63 bits per heavy atom. The van der Waals surface area contributed by atoms with Crippen molar-refractivity contribution >= 4 is 23.2 Å². The van der Waals surface area contributed by atoms with Crippen LogP contribution in [0, 0.1) is 5.82 Å². The predicted molar refractivity (Wildman–Crippen MR) is 89.9 cm³/mol. The number of hydrogen-bond donors (Lipinski definition) is 0. The van der Waals surface area contributed by atoms with Crippen molar-refractivity contribution in [2.45, 2.75) is 12.6 Å². The molecule has 0 bridgehead atoms. The van der Waals surface area contributed by atoms with Gasteiger partial charge in [-0.2, -0.15) is 17.9 Å². The van der Waals surface area contributed by atoms with E-state index in [4.69, 9.17) is 27.9 Å². The molecule has 0 atom stereocenters. The number of benzene rings is 2. The summed E-state index contributed by atoms with van der Waals surface area (Å²) in [5.74, 6) is -0.550. The quantitative estimate of drug-likeness (QED) is 0.564. The molecule has 1 aromatic heterocycles. The topological polar surface area (TPSA) is 52.8 Å². The lowest BCUT2D eigenvalue weighted by atomic mass is 10.1. The number of halogens is 6. The summed E-state index contributed by atoms with van der Waals surface area (Å²) in [6.45, 7) is -1.50. The van der Waals surface area contributed by atoms with Crippen LogP contribution in [0.1, 0.15) is 11.4 Å². The minimum Gasteiger partial charge on any atom is -0.484 e. The fraction of sp³-hybridized carbons (Fsp3) is 0.188. The summed E-state index contributed by atoms with van der Waals surface area (Å²) >= 11 is 12.1. The van der Waals surface area contributed by atoms with Crippen molar-refractivity contribution in [2.75, 3.05) is 6.61 Å². The highest BCUT2D eigenvalue weighted by Crippen LogP contribution is 2.30. The van der Waals surface area contributed by atoms with Gasteiger partial charge in [0.05, 0.1) is 15.7 Å². The first-order valence-electron chi connectivity index (χ1n) is 7.44. The van der Waals surface area contributed by atoms with E-state index in [0.717, 1.165) is 18.2 Å². The number of alkyl halides is 3. The van der Waals surface area contributed by atoms with Crippen molar-refractivity contribution in [3.05, 3.63) is 63.6 Å². The Balaban J connectivity index is 1.94. The highest BCUT2D eigenvalue weighted by molar-refractivity contribution is 6.43. The number of rotatable bonds is 5. The molecule has 5 nitrogen and oxygen atoms in total. The number of ether oxygens (including phenoxy) is 1. The van der Waals surface area contributed by atoms with E-state index in [2.05, 4.69) is 15.5 Å². The molecule has 0 aliphatic rings. The maximum atomic E-state index is 13.6. The van der Waals surface area contributed by atoms with Crippen molar-refractivity contribution in [1.29, 1.82) is 0 Å². The van der Waals surface area contributed by atoms with Crippen molar-refractivity contribution in [3.63, 3.8) is 0 Å². The zero-order chi connectivity index (χ0) is 19.6. The molecule has 0 radical (unpaired) electrons. The van der Waals surface area contributed by atoms with Crippen molar-refractivity contribution in [1.82, 2.24) is 20.2 Å². The molecule has 1 heterocycles. The third-order valence-electron chi connectivity index (χ3n) is 3.46. The zero-order valence-corrected chi connectivity index (χ0v) is 14.9. The minimum atomic E-state index is -4.53. The van der Waals surface area contributed by atoms with Gasteiger partial charge < -0.3 is 4.74 Å². The molecular weight excluding hydrogens is 411 g/mol. The lowest BCUT2D eigenvalue weighted by molar-refractivity contribution is -0.153. The third kappa shape index (κ3) is 4.67. The molecule has 0 unspecified atom stereocenters. The molecule has 0 aliphatic heterocycles. The van der Waals surface area contributed by atoms with E-state index >= 15 is 0 Å². The first kappa shape index (κ1) is 19.4. The Labute approximate surface area is 160 Å². The van der Waals surface area contributed by atoms with Crippen LogP contribution in [0.4, 0.5) is 17.6 Å². The molecule has 0 fully saturated rings. The van der Waals surface area contributed by atoms with E-state index in [1.54, 1.807) is 18.2 Å². The van der Waals surface area contributed by atoms with Gasteiger partial charge >= 0.3 is 6.18 Å². The largest absolute Gasteiger partial charge is 0.484 e. The molecule has 0 N–H and O–H groups in total. The Morgan fingerprint density at radius 2 is 1.89 bits per heavy atom. The van der Waals surface area contributed by atoms with Crippen LogP contribution >= 0.6 is 23.2 Å². The van der Waals surface area contributed by atoms with Gasteiger partial charge in [0.25, 0.3) is 0 Å². The molecule has 11 heteroatoms. The summed E-state index contributed by atoms with van der Waals surface area (Å²) in [6.07, 6.45) is -4.62. The van der Waals surface area contributed by atoms with Crippen LogP contribution in [0.25, 0.3) is 5.69 Å². The summed E-state index contributed by atoms with van der Waals surface area (Å²) in [5.41, 5.74) is 0.520. The average molecular weight is 421 g/mol. The van der Waals surface area contributed by atoms with E-state index < -0.39 is 18.6 Å². The molecule has 0 spiro atoms. The normalized spacial score (nSPS) is 11.6. The van der Waals surface area contributed by atoms with Gasteiger partial charge in [-0.1, -0.05) is 29.3 Å². The second kappa shape index (κ2) is 7.69. The van der Waals surface area contributed by atoms with Crippen molar-refractivity contribution < 1.29 is 22.3 Å². The minimum absolute atomic E-state index is 0.0964. The van der Waals surface area contributed by atoms with E-state index in [1.807, 2.05) is 0 Å². The highest BCUT2D eigenvalue weighted by Gasteiger charge is 2.29. The summed E-state index contributed by atoms with van der Waals surface area (Å²) in [4.78, 5) is 0. The van der Waals surface area contributed by atoms with E-state index in [9.17, 15) is 17.6 Å². The van der Waals surface area contributed by atoms with Crippen LogP contribution in [0.2, 0.25) is 10.0 Å². The van der Waals surface area contributed by atoms with Crippen LogP contribution in [-0.2, 0) is 6.42 Å². The summed E-state index contributed by atoms with van der Waals surface area (Å²) in [6, 6.07) is 8.01. The van der Waals surface area contributed by atoms with Crippen molar-refractivity contribution in [3.8, 4) is 11.4 Å². The molecule has 3 rings (SSSR count). The molecule has 0 saturated heterocycles. The van der Waals surface area contributed by atoms with E-state index in [-0.39, 0.29) is 33.6 Å². The highest BCUT2D eigenvalue weighted by atomic mass is 35.5. The van der Waals surface area contributed by atoms with Gasteiger partial charge in [-0.15, -0.1) is 5.10 Å². The van der Waals surface area contributed by atoms with Gasteiger partial charge in [0, 0.05) is 12.0 Å². The van der Waals surface area contributed by atoms with Gasteiger partial charge in [0.2, 0.25) is 0 Å². The van der Waals surface area contributed by atoms with Crippen molar-refractivity contribution in [2.24, 2.45) is 0 Å². The van der Waals surface area contributed by atoms with E-state index in [1.165, 1.54) is 4.68 Å². The molecule has 142 valence electrons. The monoisotopic (exact) mass is 420 g/mol. The van der Waals surface area contributed by atoms with Crippen LogP contribution in [0.15, 0.2) is 36.4 Å². The van der Waals surface area contributed by atoms with Crippen LogP contribution < -0.4 is 4.74 Å². The second-order valence-electron chi connectivity index (χ2n) is 5.41. The molecular formula is C16H10Cl2F4N4O. The maximum absolute atomic E-state index is 13.6. The number of nitrogens with zero attached hydrogens (tertiary/aromatic N) is 4. The molecule has 27 heavy (non-hydrogen) atoms. The van der Waals surface area contributed by atoms with Crippen LogP contribution in [0.5, 0.6) is 5.75 Å². The zero-order valence-electron chi connectivity index (χ0n) is 13.3. The molecule has 3 aromatic rings. The molecule has 0 saturated carbocycles. The SMILES string of the molecule is Fc1ccc(OCC(F)(F)F)c(Cc2nnnn2-c2cccc(Cl)c2Cl)c1. The molecule has 0 aliphatic carbocycles. The van der Waals surface area contributed by atoms with E-state index in [0.29, 0.717) is 5.69 Å². The van der Waals surface area contributed by atoms with Gasteiger partial charge in [-0.25, -0.2) is 4.39 Å². The predicted octanol–water partition coefficient (Wildman–Crippen LogP) is 4.64. The van der Waals surface area contributed by atoms with Crippen LogP contribution in [0.3, 0.4) is 0 Å². The maximum Gasteiger partial charge on any atom is 0.422 e. The number of aromatic nitrogens is 4. The Morgan fingerprint density at radius 1 is 1.11 bits per heavy atom. The van der Waals surface area contributed by atoms with Crippen LogP contribution in [-0.4, -0.2) is 33.0 Å². The van der Waals surface area contributed by atoms with Gasteiger partial charge in [-0.05, 0) is 40.8 Å². The lowest BCUT2D eigenvalue weighted by Crippen LogP contribution is -2.20. The number of hydrogen-bond acceptors (Lipinski definition) is 4. The van der Waals surface area contributed by atoms with Gasteiger partial charge in [0.15, 0.2) is 12.4 Å². The summed E-state index contributed by atoms with van der Waals surface area (Å²) in [7, 11) is 0. The first-order valence-corrected chi connectivity index (χ1v) is 8.20. The fourth-order valence-electron chi connectivity index (χ4n) is 2.32. The Hall–Kier alpha value is -2.39. The molecule has 2 aromatic carbocycles. The standard InChI is InChI=1S/C16H10Cl2F4N4O/c17-11-2-1-3-12(15(11)18)26-14(23-24-25-26)7-9-6-10(19)4-5-13(9)27-8-16(20,21)22/h1-6H,7-8H2. The molecule has 0 amide bonds. The average Bonchev–Trinajstić information content (AvgIpc) is 3.04. The fourth-order valence-corrected chi connectivity index (χ4v) is 2.69. The second-order valence-corrected chi connectivity index (χ2v) is 6.20. The van der Waals surface area contributed by atoms with Gasteiger partial charge in [-0.3, -0.25) is 0 Å². The Kier molecular flexibility index (Phi) is 5.52. The number of tetrazole rings is 1. The first-order chi connectivity index (χ1) is 12.7. The summed E-state index contributed by atoms with van der Waals surface area (Å²) in [5, 5.41) is 11.7.